The molecule has 1 nitrogen and oxygen atoms in total. The highest BCUT2D eigenvalue weighted by atomic mass is 79.9. The molecule has 0 aliphatic rings. The summed E-state index contributed by atoms with van der Waals surface area (Å²) in [6, 6.07) is 0. The number of hydrogen-bond acceptors (Lipinski definition) is 0. The molecule has 0 unspecified atom stereocenters. The van der Waals surface area contributed by atoms with E-state index >= 15 is 0 Å². The topological polar surface area (TPSA) is 4.93 Å². The Balaban J connectivity index is 2.81. The average molecular weight is 877 g/mol. The predicted molar refractivity (Wildman–Crippen MR) is 125 cm³/mol. The first kappa shape index (κ1) is 19.3. The van der Waals surface area contributed by atoms with Gasteiger partial charge in [0.05, 0.1) is 36.1 Å². The summed E-state index contributed by atoms with van der Waals surface area (Å²) in [7, 11) is 0. The minimum Gasteiger partial charge on any atom is -0.273 e. The number of benzene rings is 2. The second-order valence-electron chi connectivity index (χ2n) is 4.24. The van der Waals surface area contributed by atoms with Crippen molar-refractivity contribution in [3.63, 3.8) is 0 Å². The molecule has 0 N–H and O–H groups in total. The Morgan fingerprint density at radius 1 is 0.409 bits per heavy atom. The molecule has 3 rings (SSSR count). The highest BCUT2D eigenvalue weighted by Crippen LogP contribution is 2.53. The summed E-state index contributed by atoms with van der Waals surface area (Å²) in [5.74, 6) is 0. The lowest BCUT2D eigenvalue weighted by Crippen LogP contribution is -1.85. The quantitative estimate of drug-likeness (QED) is 0.157. The van der Waals surface area contributed by atoms with Crippen LogP contribution in [0.1, 0.15) is 0 Å². The molecule has 0 aliphatic carbocycles. The molecule has 0 aliphatic heterocycles. The Bertz CT molecular complexity index is 896. The van der Waals surface area contributed by atoms with Gasteiger partial charge in [-0.1, -0.05) is 0 Å². The van der Waals surface area contributed by atoms with Crippen molar-refractivity contribution >= 4 is 165 Å². The molecule has 1 aromatic heterocycles. The van der Waals surface area contributed by atoms with E-state index in [0.717, 1.165) is 57.6 Å². The van der Waals surface area contributed by atoms with Crippen molar-refractivity contribution in [3.05, 3.63) is 35.8 Å². The van der Waals surface area contributed by atoms with E-state index in [0.29, 0.717) is 0 Å². The molecule has 22 heavy (non-hydrogen) atoms. The van der Waals surface area contributed by atoms with Crippen LogP contribution in [0.5, 0.6) is 0 Å². The van der Waals surface area contributed by atoms with Gasteiger partial charge in [-0.25, -0.2) is 0 Å². The van der Waals surface area contributed by atoms with Crippen molar-refractivity contribution in [2.75, 3.05) is 0 Å². The molecular weight excluding hydrogens is 877 g/mol. The monoisotopic (exact) mass is 868 g/mol. The first-order valence-corrected chi connectivity index (χ1v) is 12.4. The van der Waals surface area contributed by atoms with Gasteiger partial charge in [0, 0.05) is 37.6 Å². The Morgan fingerprint density at radius 3 is 1.00 bits per heavy atom. The van der Waals surface area contributed by atoms with Gasteiger partial charge in [0.1, 0.15) is 0 Å². The summed E-state index contributed by atoms with van der Waals surface area (Å²) in [5.41, 5.74) is 2.03. The Hall–Kier alpha value is 2.56. The molecule has 0 spiro atoms. The van der Waals surface area contributed by atoms with E-state index in [1.165, 1.54) is 0 Å². The maximum atomic E-state index is 3.71. The minimum absolute atomic E-state index is 0.945. The standard InChI is InChI=1S/C12Br9N/c13-3-1-2-4(14)6(16)8(18)10(20)12(2)22(21)11(1)9(19)7(17)5(3)15. The van der Waals surface area contributed by atoms with E-state index < -0.39 is 0 Å². The third-order valence-electron chi connectivity index (χ3n) is 3.13. The molecule has 0 radical (unpaired) electrons. The Morgan fingerprint density at radius 2 is 0.682 bits per heavy atom. The fourth-order valence-corrected chi connectivity index (χ4v) is 8.31. The molecule has 0 fully saturated rings. The molecular formula is C12Br9N. The Kier molecular flexibility index (Phi) is 6.10. The normalized spacial score (nSPS) is 11.9. The lowest BCUT2D eigenvalue weighted by atomic mass is 10.1. The third kappa shape index (κ3) is 2.68. The van der Waals surface area contributed by atoms with Gasteiger partial charge in [-0.05, 0) is 127 Å². The van der Waals surface area contributed by atoms with Crippen molar-refractivity contribution in [1.29, 1.82) is 0 Å². The van der Waals surface area contributed by atoms with Gasteiger partial charge in [0.2, 0.25) is 0 Å². The maximum Gasteiger partial charge on any atom is 0.0771 e. The van der Waals surface area contributed by atoms with Crippen LogP contribution in [0.3, 0.4) is 0 Å². The van der Waals surface area contributed by atoms with Crippen LogP contribution >= 0.6 is 144 Å². The zero-order valence-corrected chi connectivity index (χ0v) is 24.1. The molecule has 116 valence electrons. The van der Waals surface area contributed by atoms with E-state index in [1.807, 2.05) is 3.59 Å². The predicted octanol–water partition coefficient (Wildman–Crippen LogP) is 10.1. The molecule has 0 bridgehead atoms. The summed E-state index contributed by atoms with van der Waals surface area (Å²) >= 11 is 32.9. The highest BCUT2D eigenvalue weighted by Gasteiger charge is 2.26. The van der Waals surface area contributed by atoms with E-state index in [-0.39, 0.29) is 0 Å². The van der Waals surface area contributed by atoms with Crippen molar-refractivity contribution in [1.82, 2.24) is 3.59 Å². The number of rotatable bonds is 0. The zero-order chi connectivity index (χ0) is 16.5. The largest absolute Gasteiger partial charge is 0.273 e. The molecule has 1 heterocycles. The molecule has 0 atom stereocenters. The fourth-order valence-electron chi connectivity index (χ4n) is 2.18. The zero-order valence-electron chi connectivity index (χ0n) is 9.85. The first-order chi connectivity index (χ1) is 10.2. The van der Waals surface area contributed by atoms with Crippen molar-refractivity contribution in [2.24, 2.45) is 0 Å². The molecule has 2 aromatic carbocycles. The van der Waals surface area contributed by atoms with Crippen molar-refractivity contribution < 1.29 is 0 Å². The van der Waals surface area contributed by atoms with Gasteiger partial charge >= 0.3 is 0 Å². The van der Waals surface area contributed by atoms with Crippen LogP contribution in [0.2, 0.25) is 0 Å². The fraction of sp³-hybridized carbons (Fsp3) is 0. The van der Waals surface area contributed by atoms with Crippen LogP contribution in [0.25, 0.3) is 21.8 Å². The van der Waals surface area contributed by atoms with Gasteiger partial charge in [-0.2, -0.15) is 0 Å². The molecule has 10 heteroatoms. The second kappa shape index (κ2) is 6.94. The van der Waals surface area contributed by atoms with Gasteiger partial charge in [-0.3, -0.25) is 3.59 Å². The number of aromatic nitrogens is 1. The number of halogens is 9. The van der Waals surface area contributed by atoms with Gasteiger partial charge in [-0.15, -0.1) is 0 Å². The summed E-state index contributed by atoms with van der Waals surface area (Å²) in [5, 5.41) is 2.16. The van der Waals surface area contributed by atoms with E-state index in [9.17, 15) is 0 Å². The minimum atomic E-state index is 0.945. The van der Waals surface area contributed by atoms with Crippen LogP contribution in [-0.4, -0.2) is 3.59 Å². The van der Waals surface area contributed by atoms with Crippen LogP contribution in [0, 0.1) is 0 Å². The molecule has 0 saturated carbocycles. The first-order valence-electron chi connectivity index (χ1n) is 5.38. The second-order valence-corrected chi connectivity index (χ2v) is 11.3. The van der Waals surface area contributed by atoms with Gasteiger partial charge in [0.15, 0.2) is 0 Å². The lowest BCUT2D eigenvalue weighted by Gasteiger charge is -2.08. The van der Waals surface area contributed by atoms with Gasteiger partial charge < -0.3 is 0 Å². The van der Waals surface area contributed by atoms with Crippen molar-refractivity contribution in [3.8, 4) is 0 Å². The average Bonchev–Trinajstić information content (AvgIpc) is 2.80. The van der Waals surface area contributed by atoms with Gasteiger partial charge in [0.25, 0.3) is 0 Å². The summed E-state index contributed by atoms with van der Waals surface area (Å²) in [4.78, 5) is 0. The molecule has 0 saturated heterocycles. The van der Waals surface area contributed by atoms with Crippen LogP contribution in [-0.2, 0) is 0 Å². The number of hydrogen-bond donors (Lipinski definition) is 0. The molecule has 3 aromatic rings. The molecule has 0 amide bonds. The van der Waals surface area contributed by atoms with Crippen molar-refractivity contribution in [2.45, 2.75) is 0 Å². The number of nitrogens with zero attached hydrogens (tertiary/aromatic N) is 1. The van der Waals surface area contributed by atoms with Crippen LogP contribution in [0.15, 0.2) is 35.8 Å². The van der Waals surface area contributed by atoms with E-state index in [4.69, 9.17) is 0 Å². The summed E-state index contributed by atoms with van der Waals surface area (Å²) in [6.45, 7) is 0. The SMILES string of the molecule is Brc1c(Br)c(Br)c2c(c1Br)c1c(Br)c(Br)c(Br)c(Br)c1n2Br. The lowest BCUT2D eigenvalue weighted by molar-refractivity contribution is 1.40. The third-order valence-corrected chi connectivity index (χ3v) is 13.3. The van der Waals surface area contributed by atoms with Crippen LogP contribution in [0.4, 0.5) is 0 Å². The summed E-state index contributed by atoms with van der Waals surface area (Å²) < 4.78 is 9.64. The van der Waals surface area contributed by atoms with E-state index in [2.05, 4.69) is 144 Å². The highest BCUT2D eigenvalue weighted by molar-refractivity contribution is 9.16. The smallest absolute Gasteiger partial charge is 0.0771 e. The van der Waals surface area contributed by atoms with E-state index in [1.54, 1.807) is 0 Å². The van der Waals surface area contributed by atoms with Crippen LogP contribution < -0.4 is 0 Å². The maximum absolute atomic E-state index is 3.71. The Labute approximate surface area is 201 Å². The summed E-state index contributed by atoms with van der Waals surface area (Å²) in [6.07, 6.45) is 0. The number of fused-ring (bicyclic) bond motifs is 3.